The molecule has 1 fully saturated rings. The average molecular weight is 370 g/mol. The van der Waals surface area contributed by atoms with Crippen LogP contribution >= 0.6 is 0 Å². The summed E-state index contributed by atoms with van der Waals surface area (Å²) in [5, 5.41) is 0. The van der Waals surface area contributed by atoms with Crippen molar-refractivity contribution in [3.63, 3.8) is 0 Å². The quantitative estimate of drug-likeness (QED) is 0.807. The summed E-state index contributed by atoms with van der Waals surface area (Å²) in [6.45, 7) is 3.95. The number of nitrogens with zero attached hydrogens (tertiary/aromatic N) is 4. The van der Waals surface area contributed by atoms with Crippen LogP contribution in [0.4, 0.5) is 10.2 Å². The first kappa shape index (κ1) is 18.8. The van der Waals surface area contributed by atoms with Crippen molar-refractivity contribution in [1.29, 1.82) is 0 Å². The van der Waals surface area contributed by atoms with Gasteiger partial charge in [-0.3, -0.25) is 9.59 Å². The lowest BCUT2D eigenvalue weighted by molar-refractivity contribution is -0.140. The monoisotopic (exact) mass is 370 g/mol. The first-order valence-corrected chi connectivity index (χ1v) is 8.97. The van der Waals surface area contributed by atoms with Crippen LogP contribution in [0, 0.1) is 5.82 Å². The largest absolute Gasteiger partial charge is 0.353 e. The van der Waals surface area contributed by atoms with Gasteiger partial charge in [0.25, 0.3) is 0 Å². The predicted octanol–water partition coefficient (Wildman–Crippen LogP) is 1.92. The van der Waals surface area contributed by atoms with Gasteiger partial charge in [-0.2, -0.15) is 0 Å². The number of anilines is 1. The highest BCUT2D eigenvalue weighted by Gasteiger charge is 2.24. The molecule has 0 atom stereocenters. The van der Waals surface area contributed by atoms with Gasteiger partial charge < -0.3 is 14.7 Å². The standard InChI is InChI=1S/C20H23FN4O2/c1-16(26)25(14-17-6-2-3-7-18(17)21)15-20(27)24-12-10-23(11-13-24)19-8-4-5-9-22-19/h2-9H,10-15H2,1H3. The average Bonchev–Trinajstić information content (AvgIpc) is 2.69. The highest BCUT2D eigenvalue weighted by Crippen LogP contribution is 2.14. The molecule has 27 heavy (non-hydrogen) atoms. The second-order valence-corrected chi connectivity index (χ2v) is 6.52. The molecular weight excluding hydrogens is 347 g/mol. The van der Waals surface area contributed by atoms with Crippen LogP contribution < -0.4 is 4.90 Å². The Labute approximate surface area is 158 Å². The van der Waals surface area contributed by atoms with Crippen LogP contribution in [0.2, 0.25) is 0 Å². The summed E-state index contributed by atoms with van der Waals surface area (Å²) in [4.78, 5) is 34.2. The van der Waals surface area contributed by atoms with E-state index in [9.17, 15) is 14.0 Å². The molecule has 6 nitrogen and oxygen atoms in total. The summed E-state index contributed by atoms with van der Waals surface area (Å²) < 4.78 is 13.9. The molecule has 1 aliphatic rings. The van der Waals surface area contributed by atoms with E-state index in [1.807, 2.05) is 18.2 Å². The molecule has 1 aliphatic heterocycles. The number of pyridine rings is 1. The summed E-state index contributed by atoms with van der Waals surface area (Å²) in [6.07, 6.45) is 1.75. The van der Waals surface area contributed by atoms with Crippen molar-refractivity contribution >= 4 is 17.6 Å². The Morgan fingerprint density at radius 3 is 2.41 bits per heavy atom. The zero-order chi connectivity index (χ0) is 19.2. The number of halogens is 1. The highest BCUT2D eigenvalue weighted by molar-refractivity contribution is 5.84. The van der Waals surface area contributed by atoms with Crippen molar-refractivity contribution in [2.45, 2.75) is 13.5 Å². The first-order chi connectivity index (χ1) is 13.0. The molecule has 1 aromatic carbocycles. The van der Waals surface area contributed by atoms with Gasteiger partial charge in [-0.05, 0) is 18.2 Å². The second-order valence-electron chi connectivity index (χ2n) is 6.52. The van der Waals surface area contributed by atoms with Gasteiger partial charge in [0.05, 0.1) is 0 Å². The normalized spacial score (nSPS) is 14.1. The van der Waals surface area contributed by atoms with Crippen LogP contribution in [0.5, 0.6) is 0 Å². The van der Waals surface area contributed by atoms with E-state index in [1.165, 1.54) is 17.9 Å². The molecule has 0 spiro atoms. The van der Waals surface area contributed by atoms with Gasteiger partial charge in [-0.15, -0.1) is 0 Å². The molecule has 142 valence electrons. The minimum atomic E-state index is -0.375. The van der Waals surface area contributed by atoms with Crippen molar-refractivity contribution in [3.05, 3.63) is 60.0 Å². The Balaban J connectivity index is 1.57. The van der Waals surface area contributed by atoms with E-state index in [1.54, 1.807) is 29.3 Å². The van der Waals surface area contributed by atoms with Crippen LogP contribution in [0.25, 0.3) is 0 Å². The maximum absolute atomic E-state index is 13.9. The van der Waals surface area contributed by atoms with Gasteiger partial charge in [-0.25, -0.2) is 9.37 Å². The van der Waals surface area contributed by atoms with Gasteiger partial charge >= 0.3 is 0 Å². The number of carbonyl (C=O) groups is 2. The van der Waals surface area contributed by atoms with E-state index in [0.29, 0.717) is 31.7 Å². The number of hydrogen-bond donors (Lipinski definition) is 0. The summed E-state index contributed by atoms with van der Waals surface area (Å²) in [6, 6.07) is 12.1. The predicted molar refractivity (Wildman–Crippen MR) is 101 cm³/mol. The molecule has 0 saturated carbocycles. The van der Waals surface area contributed by atoms with E-state index in [4.69, 9.17) is 0 Å². The van der Waals surface area contributed by atoms with Crippen molar-refractivity contribution in [3.8, 4) is 0 Å². The minimum Gasteiger partial charge on any atom is -0.353 e. The summed E-state index contributed by atoms with van der Waals surface area (Å²) in [7, 11) is 0. The van der Waals surface area contributed by atoms with Crippen molar-refractivity contribution in [2.24, 2.45) is 0 Å². The van der Waals surface area contributed by atoms with E-state index in [-0.39, 0.29) is 30.7 Å². The maximum atomic E-state index is 13.9. The van der Waals surface area contributed by atoms with Crippen molar-refractivity contribution in [1.82, 2.24) is 14.8 Å². The van der Waals surface area contributed by atoms with E-state index in [0.717, 1.165) is 5.82 Å². The zero-order valence-corrected chi connectivity index (χ0v) is 15.3. The second kappa shape index (κ2) is 8.62. The summed E-state index contributed by atoms with van der Waals surface area (Å²) in [5.74, 6) is 0.149. The minimum absolute atomic E-state index is 0.0484. The van der Waals surface area contributed by atoms with Crippen LogP contribution in [-0.4, -0.2) is 59.3 Å². The molecule has 2 aromatic rings. The Bertz CT molecular complexity index is 792. The zero-order valence-electron chi connectivity index (χ0n) is 15.3. The third kappa shape index (κ3) is 4.81. The van der Waals surface area contributed by atoms with Crippen LogP contribution in [-0.2, 0) is 16.1 Å². The topological polar surface area (TPSA) is 56.8 Å². The number of benzene rings is 1. The Morgan fingerprint density at radius 1 is 1.07 bits per heavy atom. The molecule has 7 heteroatoms. The lowest BCUT2D eigenvalue weighted by atomic mass is 10.2. The highest BCUT2D eigenvalue weighted by atomic mass is 19.1. The smallest absolute Gasteiger partial charge is 0.242 e. The maximum Gasteiger partial charge on any atom is 0.242 e. The Kier molecular flexibility index (Phi) is 6.01. The molecule has 0 bridgehead atoms. The SMILES string of the molecule is CC(=O)N(CC(=O)N1CCN(c2ccccn2)CC1)Cc1ccccc1F. The van der Waals surface area contributed by atoms with Crippen LogP contribution in [0.1, 0.15) is 12.5 Å². The van der Waals surface area contributed by atoms with Crippen molar-refractivity contribution in [2.75, 3.05) is 37.6 Å². The van der Waals surface area contributed by atoms with Crippen LogP contribution in [0.15, 0.2) is 48.7 Å². The number of carbonyl (C=O) groups excluding carboxylic acids is 2. The fourth-order valence-corrected chi connectivity index (χ4v) is 3.10. The molecule has 1 aromatic heterocycles. The van der Waals surface area contributed by atoms with Gasteiger partial charge in [0, 0.05) is 51.4 Å². The molecule has 0 aliphatic carbocycles. The Morgan fingerprint density at radius 2 is 1.78 bits per heavy atom. The Hall–Kier alpha value is -2.96. The lowest BCUT2D eigenvalue weighted by Crippen LogP contribution is -2.51. The molecule has 2 amide bonds. The molecular formula is C20H23FN4O2. The number of hydrogen-bond acceptors (Lipinski definition) is 4. The van der Waals surface area contributed by atoms with Gasteiger partial charge in [-0.1, -0.05) is 24.3 Å². The van der Waals surface area contributed by atoms with E-state index in [2.05, 4.69) is 9.88 Å². The molecule has 3 rings (SSSR count). The fraction of sp³-hybridized carbons (Fsp3) is 0.350. The number of aromatic nitrogens is 1. The molecule has 2 heterocycles. The van der Waals surface area contributed by atoms with Gasteiger partial charge in [0.15, 0.2) is 0 Å². The lowest BCUT2D eigenvalue weighted by Gasteiger charge is -2.36. The molecule has 0 N–H and O–H groups in total. The molecule has 0 radical (unpaired) electrons. The van der Waals surface area contributed by atoms with E-state index >= 15 is 0 Å². The third-order valence-electron chi connectivity index (χ3n) is 4.70. The van der Waals surface area contributed by atoms with Gasteiger partial charge in [0.2, 0.25) is 11.8 Å². The fourth-order valence-electron chi connectivity index (χ4n) is 3.10. The van der Waals surface area contributed by atoms with E-state index < -0.39 is 0 Å². The summed E-state index contributed by atoms with van der Waals surface area (Å²) >= 11 is 0. The number of rotatable bonds is 5. The van der Waals surface area contributed by atoms with Gasteiger partial charge in [0.1, 0.15) is 18.2 Å². The summed E-state index contributed by atoms with van der Waals surface area (Å²) in [5.41, 5.74) is 0.403. The number of amides is 2. The third-order valence-corrected chi connectivity index (χ3v) is 4.70. The number of piperazine rings is 1. The molecule has 1 saturated heterocycles. The first-order valence-electron chi connectivity index (χ1n) is 8.97. The van der Waals surface area contributed by atoms with Crippen molar-refractivity contribution < 1.29 is 14.0 Å². The molecule has 0 unspecified atom stereocenters. The van der Waals surface area contributed by atoms with Crippen LogP contribution in [0.3, 0.4) is 0 Å².